The average molecular weight is 369 g/mol. The van der Waals surface area contributed by atoms with Crippen LogP contribution in [0.5, 0.6) is 0 Å². The maximum Gasteiger partial charge on any atom is 0.133 e. The number of aliphatic imine (C=N–C) groups is 1. The van der Waals surface area contributed by atoms with Crippen molar-refractivity contribution in [1.82, 2.24) is 0 Å². The molecule has 0 N–H and O–H groups in total. The van der Waals surface area contributed by atoms with Crippen molar-refractivity contribution in [1.29, 1.82) is 0 Å². The lowest BCUT2D eigenvalue weighted by Crippen LogP contribution is -2.41. The van der Waals surface area contributed by atoms with Crippen LogP contribution in [0.3, 0.4) is 0 Å². The van der Waals surface area contributed by atoms with Crippen LogP contribution in [0.4, 0.5) is 4.39 Å². The first-order chi connectivity index (χ1) is 7.27. The van der Waals surface area contributed by atoms with Crippen molar-refractivity contribution in [2.45, 2.75) is 22.6 Å². The van der Waals surface area contributed by atoms with Crippen molar-refractivity contribution in [3.05, 3.63) is 35.1 Å². The van der Waals surface area contributed by atoms with Gasteiger partial charge in [-0.25, -0.2) is 4.39 Å². The van der Waals surface area contributed by atoms with Crippen molar-refractivity contribution in [3.8, 4) is 0 Å². The summed E-state index contributed by atoms with van der Waals surface area (Å²) in [6.07, 6.45) is 0. The molecule has 0 spiro atoms. The minimum atomic E-state index is -0.744. The van der Waals surface area contributed by atoms with Gasteiger partial charge < -0.3 is 0 Å². The van der Waals surface area contributed by atoms with E-state index in [-0.39, 0.29) is 5.82 Å². The van der Waals surface area contributed by atoms with Gasteiger partial charge in [-0.15, -0.1) is 0 Å². The number of halogens is 4. The molecule has 86 valence electrons. The lowest BCUT2D eigenvalue weighted by molar-refractivity contribution is 0.468. The molecule has 0 atom stereocenters. The normalized spacial score (nSPS) is 21.2. The molecule has 0 bridgehead atoms. The number of rotatable bonds is 0. The molecule has 1 aliphatic heterocycles. The predicted octanol–water partition coefficient (Wildman–Crippen LogP) is 4.55. The Labute approximate surface area is 115 Å². The second-order valence-electron chi connectivity index (χ2n) is 4.20. The van der Waals surface area contributed by atoms with E-state index in [1.165, 1.54) is 6.07 Å². The smallest absolute Gasteiger partial charge is 0.133 e. The van der Waals surface area contributed by atoms with E-state index in [1.54, 1.807) is 12.1 Å². The molecule has 1 aliphatic rings. The van der Waals surface area contributed by atoms with Gasteiger partial charge in [0.05, 0.1) is 5.54 Å². The van der Waals surface area contributed by atoms with Crippen LogP contribution in [-0.2, 0) is 3.23 Å². The number of nitrogens with zero attached hydrogens (tertiary/aromatic N) is 1. The first-order valence-electron chi connectivity index (χ1n) is 4.70. The van der Waals surface area contributed by atoms with Crippen LogP contribution in [0.1, 0.15) is 25.0 Å². The maximum absolute atomic E-state index is 13.9. The molecule has 0 unspecified atom stereocenters. The largest absolute Gasteiger partial charge is 0.264 e. The van der Waals surface area contributed by atoms with Gasteiger partial charge in [-0.1, -0.05) is 55.6 Å². The molecular weight excluding hydrogens is 360 g/mol. The molecule has 5 heteroatoms. The van der Waals surface area contributed by atoms with E-state index in [1.807, 2.05) is 13.8 Å². The highest BCUT2D eigenvalue weighted by atomic mass is 79.9. The van der Waals surface area contributed by atoms with E-state index in [2.05, 4.69) is 36.9 Å². The third-order valence-corrected chi connectivity index (χ3v) is 5.72. The number of fused-ring (bicyclic) bond motifs is 1. The van der Waals surface area contributed by atoms with Gasteiger partial charge in [0.15, 0.2) is 0 Å². The molecule has 1 aromatic rings. The second-order valence-corrected chi connectivity index (χ2v) is 8.00. The topological polar surface area (TPSA) is 12.4 Å². The molecule has 1 aromatic carbocycles. The zero-order valence-electron chi connectivity index (χ0n) is 8.69. The van der Waals surface area contributed by atoms with Crippen LogP contribution in [0, 0.1) is 5.82 Å². The molecule has 0 aliphatic carbocycles. The molecule has 0 amide bonds. The fourth-order valence-electron chi connectivity index (χ4n) is 1.70. The summed E-state index contributed by atoms with van der Waals surface area (Å²) in [5.74, 6) is -0.299. The minimum absolute atomic E-state index is 0.299. The standard InChI is InChI=1S/C11H9Br2ClFN/c1-10(2)11(12,13)8-6(9(14)16-10)4-3-5-7(8)15/h3-5H,1-2H3. The highest BCUT2D eigenvalue weighted by molar-refractivity contribution is 9.24. The van der Waals surface area contributed by atoms with Gasteiger partial charge in [0.25, 0.3) is 0 Å². The minimum Gasteiger partial charge on any atom is -0.264 e. The zero-order valence-corrected chi connectivity index (χ0v) is 12.6. The molecule has 16 heavy (non-hydrogen) atoms. The lowest BCUT2D eigenvalue weighted by atomic mass is 9.89. The van der Waals surface area contributed by atoms with Gasteiger partial charge >= 0.3 is 0 Å². The summed E-state index contributed by atoms with van der Waals surface area (Å²) in [5, 5.41) is 0.342. The summed E-state index contributed by atoms with van der Waals surface area (Å²) >= 11 is 13.1. The third-order valence-electron chi connectivity index (χ3n) is 2.70. The number of benzene rings is 1. The Morgan fingerprint density at radius 2 is 1.94 bits per heavy atom. The number of hydrogen-bond donors (Lipinski definition) is 0. The van der Waals surface area contributed by atoms with E-state index in [0.717, 1.165) is 0 Å². The Hall–Kier alpha value is 0.0700. The number of hydrogen-bond acceptors (Lipinski definition) is 1. The molecule has 0 saturated heterocycles. The molecule has 1 nitrogen and oxygen atoms in total. The molecule has 0 fully saturated rings. The van der Waals surface area contributed by atoms with Crippen molar-refractivity contribution in [3.63, 3.8) is 0 Å². The van der Waals surface area contributed by atoms with Crippen LogP contribution in [0.15, 0.2) is 23.2 Å². The molecular formula is C11H9Br2ClFN. The molecule has 0 radical (unpaired) electrons. The second kappa shape index (κ2) is 3.79. The van der Waals surface area contributed by atoms with Gasteiger partial charge in [0.2, 0.25) is 0 Å². The highest BCUT2D eigenvalue weighted by Crippen LogP contribution is 2.53. The first-order valence-corrected chi connectivity index (χ1v) is 6.66. The Bertz CT molecular complexity index is 483. The SMILES string of the molecule is CC1(C)N=C(Cl)c2cccc(F)c2C1(Br)Br. The van der Waals surface area contributed by atoms with Gasteiger partial charge in [-0.2, -0.15) is 0 Å². The maximum atomic E-state index is 13.9. The van der Waals surface area contributed by atoms with Crippen molar-refractivity contribution < 1.29 is 4.39 Å². The molecule has 1 heterocycles. The fraction of sp³-hybridized carbons (Fsp3) is 0.364. The Morgan fingerprint density at radius 3 is 2.56 bits per heavy atom. The summed E-state index contributed by atoms with van der Waals surface area (Å²) in [6, 6.07) is 4.80. The van der Waals surface area contributed by atoms with Crippen molar-refractivity contribution >= 4 is 48.6 Å². The fourth-order valence-corrected chi connectivity index (χ4v) is 3.05. The predicted molar refractivity (Wildman–Crippen MR) is 72.4 cm³/mol. The Morgan fingerprint density at radius 1 is 1.31 bits per heavy atom. The van der Waals surface area contributed by atoms with Crippen LogP contribution >= 0.6 is 43.5 Å². The monoisotopic (exact) mass is 367 g/mol. The van der Waals surface area contributed by atoms with Crippen LogP contribution < -0.4 is 0 Å². The molecule has 0 aromatic heterocycles. The number of alkyl halides is 2. The van der Waals surface area contributed by atoms with Crippen LogP contribution in [0.2, 0.25) is 0 Å². The van der Waals surface area contributed by atoms with Crippen molar-refractivity contribution in [2.24, 2.45) is 4.99 Å². The summed E-state index contributed by atoms with van der Waals surface area (Å²) in [6.45, 7) is 3.77. The summed E-state index contributed by atoms with van der Waals surface area (Å²) in [5.41, 5.74) is 0.550. The summed E-state index contributed by atoms with van der Waals surface area (Å²) in [7, 11) is 0. The van der Waals surface area contributed by atoms with Crippen molar-refractivity contribution in [2.75, 3.05) is 0 Å². The molecule has 0 saturated carbocycles. The van der Waals surface area contributed by atoms with E-state index < -0.39 is 8.77 Å². The van der Waals surface area contributed by atoms with Gasteiger partial charge in [0, 0.05) is 11.1 Å². The lowest BCUT2D eigenvalue weighted by Gasteiger charge is -2.39. The van der Waals surface area contributed by atoms with Gasteiger partial charge in [0.1, 0.15) is 14.2 Å². The van der Waals surface area contributed by atoms with Crippen LogP contribution in [-0.4, -0.2) is 10.7 Å². The first kappa shape index (κ1) is 12.5. The third kappa shape index (κ3) is 1.66. The Balaban J connectivity index is 2.81. The van der Waals surface area contributed by atoms with Crippen LogP contribution in [0.25, 0.3) is 0 Å². The zero-order chi connectivity index (χ0) is 12.1. The summed E-state index contributed by atoms with van der Waals surface area (Å²) < 4.78 is 13.2. The van der Waals surface area contributed by atoms with Gasteiger partial charge in [-0.3, -0.25) is 4.99 Å². The van der Waals surface area contributed by atoms with E-state index in [9.17, 15) is 4.39 Å². The van der Waals surface area contributed by atoms with E-state index in [4.69, 9.17) is 11.6 Å². The molecule has 2 rings (SSSR count). The highest BCUT2D eigenvalue weighted by Gasteiger charge is 2.48. The average Bonchev–Trinajstić information content (AvgIpc) is 2.14. The van der Waals surface area contributed by atoms with E-state index >= 15 is 0 Å². The van der Waals surface area contributed by atoms with E-state index in [0.29, 0.717) is 16.3 Å². The quantitative estimate of drug-likeness (QED) is 0.595. The van der Waals surface area contributed by atoms with Gasteiger partial charge in [-0.05, 0) is 19.9 Å². The summed E-state index contributed by atoms with van der Waals surface area (Å²) in [4.78, 5) is 4.37. The Kier molecular flexibility index (Phi) is 2.96.